The molecule has 0 saturated carbocycles. The molecule has 1 aliphatic heterocycles. The van der Waals surface area contributed by atoms with E-state index in [-0.39, 0.29) is 38.8 Å². The van der Waals surface area contributed by atoms with Gasteiger partial charge in [0.15, 0.2) is 11.5 Å². The maximum Gasteiger partial charge on any atom is 0.331 e. The highest BCUT2D eigenvalue weighted by Gasteiger charge is 2.17. The zero-order valence-corrected chi connectivity index (χ0v) is 19.3. The number of carbonyl (C=O) groups excluding carboxylic acids is 1. The molecule has 2 aromatic carbocycles. The van der Waals surface area contributed by atoms with Crippen LogP contribution in [-0.2, 0) is 24.4 Å². The van der Waals surface area contributed by atoms with Crippen molar-refractivity contribution in [3.8, 4) is 17.6 Å². The Balaban J connectivity index is 1.34. The molecule has 0 radical (unpaired) electrons. The number of ether oxygens (including phenoxy) is 2. The zero-order valence-electron chi connectivity index (χ0n) is 18.5. The van der Waals surface area contributed by atoms with Gasteiger partial charge in [-0.1, -0.05) is 24.3 Å². The van der Waals surface area contributed by atoms with Gasteiger partial charge in [-0.3, -0.25) is 18.7 Å². The maximum absolute atomic E-state index is 13.3. The Bertz CT molecular complexity index is 1590. The van der Waals surface area contributed by atoms with E-state index in [1.165, 1.54) is 15.9 Å². The van der Waals surface area contributed by atoms with Gasteiger partial charge in [0.05, 0.1) is 23.7 Å². The van der Waals surface area contributed by atoms with E-state index < -0.39 is 11.2 Å². The van der Waals surface area contributed by atoms with Crippen molar-refractivity contribution in [1.29, 1.82) is 5.26 Å². The van der Waals surface area contributed by atoms with Gasteiger partial charge in [-0.25, -0.2) is 4.79 Å². The van der Waals surface area contributed by atoms with E-state index in [4.69, 9.17) is 9.47 Å². The lowest BCUT2D eigenvalue weighted by atomic mass is 10.1. The summed E-state index contributed by atoms with van der Waals surface area (Å²) in [5.74, 6) is 1.00. The lowest BCUT2D eigenvalue weighted by molar-refractivity contribution is -0.121. The number of nitrogens with zero attached hydrogens (tertiary/aromatic N) is 3. The summed E-state index contributed by atoms with van der Waals surface area (Å²) in [6.45, 7) is 0.544. The van der Waals surface area contributed by atoms with Gasteiger partial charge in [0.1, 0.15) is 4.70 Å². The average molecular weight is 489 g/mol. The van der Waals surface area contributed by atoms with Crippen LogP contribution >= 0.6 is 11.3 Å². The largest absolute Gasteiger partial charge is 0.454 e. The molecular weight excluding hydrogens is 468 g/mol. The van der Waals surface area contributed by atoms with Crippen LogP contribution in [0.3, 0.4) is 0 Å². The number of nitrogens with one attached hydrogen (secondary N) is 1. The highest BCUT2D eigenvalue weighted by Crippen LogP contribution is 2.32. The molecule has 1 aliphatic rings. The Morgan fingerprint density at radius 1 is 1.09 bits per heavy atom. The van der Waals surface area contributed by atoms with Crippen molar-refractivity contribution in [2.75, 3.05) is 6.79 Å². The van der Waals surface area contributed by atoms with Crippen molar-refractivity contribution in [3.63, 3.8) is 0 Å². The molecule has 0 atom stereocenters. The van der Waals surface area contributed by atoms with Gasteiger partial charge in [0, 0.05) is 19.5 Å². The van der Waals surface area contributed by atoms with Crippen LogP contribution in [0.2, 0.25) is 0 Å². The fourth-order valence-corrected chi connectivity index (χ4v) is 4.82. The van der Waals surface area contributed by atoms with Gasteiger partial charge in [-0.05, 0) is 40.8 Å². The number of aromatic nitrogens is 2. The van der Waals surface area contributed by atoms with Gasteiger partial charge < -0.3 is 14.8 Å². The minimum absolute atomic E-state index is 0.0363. The third kappa shape index (κ3) is 4.41. The van der Waals surface area contributed by atoms with Gasteiger partial charge in [0.25, 0.3) is 5.56 Å². The summed E-state index contributed by atoms with van der Waals surface area (Å²) in [5.41, 5.74) is 1.56. The van der Waals surface area contributed by atoms with Crippen LogP contribution in [0.4, 0.5) is 0 Å². The van der Waals surface area contributed by atoms with Crippen LogP contribution in [-0.4, -0.2) is 21.8 Å². The molecule has 9 nitrogen and oxygen atoms in total. The second-order valence-electron chi connectivity index (χ2n) is 7.94. The predicted octanol–water partition coefficient (Wildman–Crippen LogP) is 2.58. The van der Waals surface area contributed by atoms with Gasteiger partial charge >= 0.3 is 5.69 Å². The SMILES string of the molecule is N#Cc1ccccc1Cn1c(=O)n(CCC(=O)NCc2ccc3c(c2)OCO3)c(=O)c2sccc21. The Hall–Kier alpha value is -4.36. The lowest BCUT2D eigenvalue weighted by Crippen LogP contribution is -2.41. The summed E-state index contributed by atoms with van der Waals surface area (Å²) >= 11 is 1.24. The van der Waals surface area contributed by atoms with Crippen molar-refractivity contribution < 1.29 is 14.3 Å². The quantitative estimate of drug-likeness (QED) is 0.428. The third-order valence-corrected chi connectivity index (χ3v) is 6.68. The topological polar surface area (TPSA) is 115 Å². The Kier molecular flexibility index (Phi) is 6.08. The molecule has 5 rings (SSSR count). The molecule has 0 bridgehead atoms. The number of hydrogen-bond acceptors (Lipinski definition) is 7. The summed E-state index contributed by atoms with van der Waals surface area (Å²) < 4.78 is 13.6. The van der Waals surface area contributed by atoms with E-state index in [2.05, 4.69) is 11.4 Å². The zero-order chi connectivity index (χ0) is 24.4. The normalized spacial score (nSPS) is 12.0. The van der Waals surface area contributed by atoms with E-state index in [1.807, 2.05) is 6.07 Å². The van der Waals surface area contributed by atoms with E-state index in [0.717, 1.165) is 10.1 Å². The first-order valence-electron chi connectivity index (χ1n) is 10.9. The van der Waals surface area contributed by atoms with Crippen molar-refractivity contribution in [1.82, 2.24) is 14.5 Å². The minimum atomic E-state index is -0.516. The summed E-state index contributed by atoms with van der Waals surface area (Å²) in [7, 11) is 0. The van der Waals surface area contributed by atoms with Gasteiger partial charge in [-0.15, -0.1) is 11.3 Å². The molecule has 35 heavy (non-hydrogen) atoms. The van der Waals surface area contributed by atoms with Gasteiger partial charge in [-0.2, -0.15) is 5.26 Å². The first kappa shape index (κ1) is 22.4. The lowest BCUT2D eigenvalue weighted by Gasteiger charge is -2.13. The van der Waals surface area contributed by atoms with Crippen LogP contribution < -0.4 is 26.0 Å². The predicted molar refractivity (Wildman–Crippen MR) is 130 cm³/mol. The minimum Gasteiger partial charge on any atom is -0.454 e. The number of fused-ring (bicyclic) bond motifs is 2. The fraction of sp³-hybridized carbons (Fsp3) is 0.200. The summed E-state index contributed by atoms with van der Waals surface area (Å²) in [6, 6.07) is 16.3. The number of amides is 1. The number of nitriles is 1. The molecule has 0 aliphatic carbocycles. The molecule has 0 spiro atoms. The first-order valence-corrected chi connectivity index (χ1v) is 11.8. The molecule has 3 heterocycles. The average Bonchev–Trinajstić information content (AvgIpc) is 3.55. The highest BCUT2D eigenvalue weighted by molar-refractivity contribution is 7.17. The molecule has 0 fully saturated rings. The van der Waals surface area contributed by atoms with E-state index in [9.17, 15) is 19.6 Å². The van der Waals surface area contributed by atoms with Crippen LogP contribution in [0.25, 0.3) is 10.2 Å². The molecule has 4 aromatic rings. The molecular formula is C25H20N4O5S. The second-order valence-corrected chi connectivity index (χ2v) is 8.86. The van der Waals surface area contributed by atoms with Crippen LogP contribution in [0, 0.1) is 11.3 Å². The van der Waals surface area contributed by atoms with Crippen LogP contribution in [0.15, 0.2) is 63.5 Å². The first-order chi connectivity index (χ1) is 17.0. The number of thiophene rings is 1. The van der Waals surface area contributed by atoms with Crippen molar-refractivity contribution in [2.45, 2.75) is 26.1 Å². The Morgan fingerprint density at radius 2 is 1.91 bits per heavy atom. The molecule has 0 unspecified atom stereocenters. The molecule has 1 amide bonds. The van der Waals surface area contributed by atoms with Gasteiger partial charge in [0.2, 0.25) is 12.7 Å². The molecule has 176 valence electrons. The summed E-state index contributed by atoms with van der Waals surface area (Å²) in [4.78, 5) is 38.8. The van der Waals surface area contributed by atoms with E-state index in [1.54, 1.807) is 47.8 Å². The highest BCUT2D eigenvalue weighted by atomic mass is 32.1. The second kappa shape index (κ2) is 9.48. The number of benzene rings is 2. The van der Waals surface area contributed by atoms with E-state index in [0.29, 0.717) is 32.8 Å². The molecule has 1 N–H and O–H groups in total. The maximum atomic E-state index is 13.3. The van der Waals surface area contributed by atoms with Crippen molar-refractivity contribution >= 4 is 27.5 Å². The molecule has 10 heteroatoms. The third-order valence-electron chi connectivity index (χ3n) is 5.79. The Morgan fingerprint density at radius 3 is 2.77 bits per heavy atom. The van der Waals surface area contributed by atoms with Crippen LogP contribution in [0.1, 0.15) is 23.1 Å². The fourth-order valence-electron chi connectivity index (χ4n) is 3.97. The number of carbonyl (C=O) groups is 1. The van der Waals surface area contributed by atoms with Crippen molar-refractivity contribution in [2.24, 2.45) is 0 Å². The molecule has 0 saturated heterocycles. The van der Waals surface area contributed by atoms with E-state index >= 15 is 0 Å². The van der Waals surface area contributed by atoms with Crippen LogP contribution in [0.5, 0.6) is 11.5 Å². The number of rotatable bonds is 7. The smallest absolute Gasteiger partial charge is 0.331 e. The number of hydrogen-bond donors (Lipinski definition) is 1. The summed E-state index contributed by atoms with van der Waals surface area (Å²) in [5, 5.41) is 14.0. The summed E-state index contributed by atoms with van der Waals surface area (Å²) in [6.07, 6.45) is -0.0363. The Labute approximate surface area is 203 Å². The molecule has 2 aromatic heterocycles. The monoisotopic (exact) mass is 488 g/mol. The van der Waals surface area contributed by atoms with Crippen molar-refractivity contribution in [3.05, 3.63) is 91.4 Å². The standard InChI is InChI=1S/C25H20N4O5S/c26-12-17-3-1-2-4-18(17)14-29-19-8-10-35-23(19)24(31)28(25(29)32)9-7-22(30)27-13-16-5-6-20-21(11-16)34-15-33-20/h1-6,8,10-11H,7,9,13-15H2,(H,27,30).